The minimum Gasteiger partial charge on any atom is -0.399 e. The Bertz CT molecular complexity index is 215. The highest BCUT2D eigenvalue weighted by Crippen LogP contribution is 2.11. The molecule has 0 atom stereocenters. The molecule has 3 heteroatoms. The van der Waals surface area contributed by atoms with Crippen LogP contribution in [0.1, 0.15) is 5.56 Å². The van der Waals surface area contributed by atoms with Crippen molar-refractivity contribution in [1.82, 2.24) is 0 Å². The predicted molar refractivity (Wildman–Crippen MR) is 35.6 cm³/mol. The molecule has 0 amide bonds. The molecule has 0 aromatic heterocycles. The number of nitrogen functional groups attached to an aromatic ring is 1. The van der Waals surface area contributed by atoms with Crippen molar-refractivity contribution >= 4 is 5.69 Å². The number of benzene rings is 1. The van der Waals surface area contributed by atoms with Gasteiger partial charge in [0.1, 0.15) is 12.5 Å². The van der Waals surface area contributed by atoms with E-state index in [4.69, 9.17) is 5.73 Å². The summed E-state index contributed by atoms with van der Waals surface area (Å²) in [6, 6.07) is 3.68. The zero-order chi connectivity index (χ0) is 7.56. The topological polar surface area (TPSA) is 26.0 Å². The van der Waals surface area contributed by atoms with Crippen molar-refractivity contribution in [3.05, 3.63) is 29.6 Å². The minimum atomic E-state index is -0.679. The summed E-state index contributed by atoms with van der Waals surface area (Å²) >= 11 is 0. The Labute approximate surface area is 57.5 Å². The standard InChI is InChI=1S/C7H7F2N/c8-4-5-1-6(9)3-7(10)2-5/h1-3H,4,10H2. The fraction of sp³-hybridized carbons (Fsp3) is 0.143. The van der Waals surface area contributed by atoms with E-state index >= 15 is 0 Å². The summed E-state index contributed by atoms with van der Waals surface area (Å²) in [6.45, 7) is -0.679. The number of anilines is 1. The maximum atomic E-state index is 12.4. The fourth-order valence-electron chi connectivity index (χ4n) is 0.753. The number of rotatable bonds is 1. The first kappa shape index (κ1) is 6.99. The van der Waals surface area contributed by atoms with Crippen LogP contribution in [0.2, 0.25) is 0 Å². The summed E-state index contributed by atoms with van der Waals surface area (Å²) in [7, 11) is 0. The SMILES string of the molecule is Nc1cc(F)cc(CF)c1. The lowest BCUT2D eigenvalue weighted by Crippen LogP contribution is -1.89. The number of halogens is 2. The molecule has 0 bridgehead atoms. The van der Waals surface area contributed by atoms with Crippen molar-refractivity contribution in [3.8, 4) is 0 Å². The third-order valence-corrected chi connectivity index (χ3v) is 1.13. The maximum Gasteiger partial charge on any atom is 0.125 e. The lowest BCUT2D eigenvalue weighted by atomic mass is 10.2. The Kier molecular flexibility index (Phi) is 1.85. The number of alkyl halides is 1. The molecule has 1 aromatic rings. The fourth-order valence-corrected chi connectivity index (χ4v) is 0.753. The van der Waals surface area contributed by atoms with Crippen molar-refractivity contribution in [1.29, 1.82) is 0 Å². The first-order chi connectivity index (χ1) is 4.72. The van der Waals surface area contributed by atoms with E-state index in [1.54, 1.807) is 0 Å². The summed E-state index contributed by atoms with van der Waals surface area (Å²) < 4.78 is 24.2. The van der Waals surface area contributed by atoms with Gasteiger partial charge in [0.2, 0.25) is 0 Å². The molecule has 0 saturated carbocycles. The van der Waals surface area contributed by atoms with Gasteiger partial charge >= 0.3 is 0 Å². The Morgan fingerprint density at radius 2 is 2.00 bits per heavy atom. The molecule has 10 heavy (non-hydrogen) atoms. The summed E-state index contributed by atoms with van der Waals surface area (Å²) in [6.07, 6.45) is 0. The van der Waals surface area contributed by atoms with Crippen LogP contribution in [0.15, 0.2) is 18.2 Å². The lowest BCUT2D eigenvalue weighted by molar-refractivity contribution is 0.482. The molecule has 0 unspecified atom stereocenters. The molecule has 0 radical (unpaired) electrons. The van der Waals surface area contributed by atoms with Crippen LogP contribution in [0.25, 0.3) is 0 Å². The highest BCUT2D eigenvalue weighted by molar-refractivity contribution is 5.41. The lowest BCUT2D eigenvalue weighted by Gasteiger charge is -1.96. The Morgan fingerprint density at radius 3 is 2.50 bits per heavy atom. The van der Waals surface area contributed by atoms with Gasteiger partial charge in [-0.3, -0.25) is 0 Å². The van der Waals surface area contributed by atoms with Gasteiger partial charge in [0.25, 0.3) is 0 Å². The van der Waals surface area contributed by atoms with E-state index in [1.807, 2.05) is 0 Å². The van der Waals surface area contributed by atoms with Crippen LogP contribution in [-0.4, -0.2) is 0 Å². The zero-order valence-electron chi connectivity index (χ0n) is 5.27. The summed E-state index contributed by atoms with van der Waals surface area (Å²) in [5, 5.41) is 0. The van der Waals surface area contributed by atoms with Crippen LogP contribution >= 0.6 is 0 Å². The maximum absolute atomic E-state index is 12.4. The molecule has 0 aliphatic carbocycles. The molecule has 54 valence electrons. The molecule has 0 fully saturated rings. The van der Waals surface area contributed by atoms with Gasteiger partial charge in [-0.15, -0.1) is 0 Å². The molecule has 0 heterocycles. The molecule has 1 rings (SSSR count). The first-order valence-corrected chi connectivity index (χ1v) is 2.83. The van der Waals surface area contributed by atoms with Crippen molar-refractivity contribution in [2.24, 2.45) is 0 Å². The highest BCUT2D eigenvalue weighted by atomic mass is 19.1. The van der Waals surface area contributed by atoms with Crippen LogP contribution in [0, 0.1) is 5.82 Å². The largest absolute Gasteiger partial charge is 0.399 e. The quantitative estimate of drug-likeness (QED) is 0.597. The van der Waals surface area contributed by atoms with Crippen LogP contribution in [-0.2, 0) is 6.67 Å². The third-order valence-electron chi connectivity index (χ3n) is 1.13. The predicted octanol–water partition coefficient (Wildman–Crippen LogP) is 1.88. The van der Waals surface area contributed by atoms with Crippen LogP contribution in [0.3, 0.4) is 0 Å². The van der Waals surface area contributed by atoms with Crippen molar-refractivity contribution in [2.75, 3.05) is 5.73 Å². The van der Waals surface area contributed by atoms with Gasteiger partial charge < -0.3 is 5.73 Å². The van der Waals surface area contributed by atoms with Gasteiger partial charge in [-0.2, -0.15) is 0 Å². The number of hydrogen-bond acceptors (Lipinski definition) is 1. The van der Waals surface area contributed by atoms with Crippen molar-refractivity contribution in [3.63, 3.8) is 0 Å². The van der Waals surface area contributed by atoms with E-state index < -0.39 is 12.5 Å². The smallest absolute Gasteiger partial charge is 0.125 e. The molecular formula is C7H7F2N. The van der Waals surface area contributed by atoms with E-state index in [0.717, 1.165) is 12.1 Å². The van der Waals surface area contributed by atoms with Gasteiger partial charge in [-0.1, -0.05) is 0 Å². The summed E-state index contributed by atoms with van der Waals surface area (Å²) in [4.78, 5) is 0. The molecule has 1 aromatic carbocycles. The molecular weight excluding hydrogens is 136 g/mol. The van der Waals surface area contributed by atoms with Crippen LogP contribution < -0.4 is 5.73 Å². The average Bonchev–Trinajstić information content (AvgIpc) is 1.85. The monoisotopic (exact) mass is 143 g/mol. The van der Waals surface area contributed by atoms with E-state index in [-0.39, 0.29) is 11.3 Å². The normalized spacial score (nSPS) is 9.80. The van der Waals surface area contributed by atoms with Gasteiger partial charge in [-0.25, -0.2) is 8.78 Å². The molecule has 1 nitrogen and oxygen atoms in total. The molecule has 0 saturated heterocycles. The minimum absolute atomic E-state index is 0.257. The van der Waals surface area contributed by atoms with Gasteiger partial charge in [-0.05, 0) is 23.8 Å². The van der Waals surface area contributed by atoms with E-state index in [2.05, 4.69) is 0 Å². The average molecular weight is 143 g/mol. The van der Waals surface area contributed by atoms with E-state index in [1.165, 1.54) is 6.07 Å². The van der Waals surface area contributed by atoms with Crippen LogP contribution in [0.5, 0.6) is 0 Å². The Balaban J connectivity index is 3.06. The molecule has 0 aliphatic heterocycles. The second-order valence-corrected chi connectivity index (χ2v) is 2.03. The van der Waals surface area contributed by atoms with E-state index in [9.17, 15) is 8.78 Å². The van der Waals surface area contributed by atoms with Gasteiger partial charge in [0.05, 0.1) is 0 Å². The first-order valence-electron chi connectivity index (χ1n) is 2.83. The zero-order valence-corrected chi connectivity index (χ0v) is 5.27. The summed E-state index contributed by atoms with van der Waals surface area (Å²) in [5.41, 5.74) is 5.76. The number of hydrogen-bond donors (Lipinski definition) is 1. The van der Waals surface area contributed by atoms with Crippen LogP contribution in [0.4, 0.5) is 14.5 Å². The molecule has 0 aliphatic rings. The second kappa shape index (κ2) is 2.64. The van der Waals surface area contributed by atoms with Crippen molar-refractivity contribution < 1.29 is 8.78 Å². The Morgan fingerprint density at radius 1 is 1.30 bits per heavy atom. The number of nitrogens with two attached hydrogens (primary N) is 1. The summed E-state index contributed by atoms with van der Waals surface area (Å²) in [5.74, 6) is -0.493. The van der Waals surface area contributed by atoms with E-state index in [0.29, 0.717) is 0 Å². The van der Waals surface area contributed by atoms with Crippen molar-refractivity contribution in [2.45, 2.75) is 6.67 Å². The third kappa shape index (κ3) is 1.43. The highest BCUT2D eigenvalue weighted by Gasteiger charge is 1.96. The molecule has 0 spiro atoms. The second-order valence-electron chi connectivity index (χ2n) is 2.03. The Hall–Kier alpha value is -1.12. The molecule has 2 N–H and O–H groups in total. The van der Waals surface area contributed by atoms with Gasteiger partial charge in [0.15, 0.2) is 0 Å². The van der Waals surface area contributed by atoms with Gasteiger partial charge in [0, 0.05) is 5.69 Å².